The van der Waals surface area contributed by atoms with Gasteiger partial charge in [0.25, 0.3) is 0 Å². The zero-order chi connectivity index (χ0) is 13.1. The van der Waals surface area contributed by atoms with Crippen molar-refractivity contribution >= 4 is 17.6 Å². The molecule has 1 aromatic heterocycles. The predicted molar refractivity (Wildman–Crippen MR) is 68.8 cm³/mol. The number of carbonyl (C=O) groups is 1. The van der Waals surface area contributed by atoms with Crippen molar-refractivity contribution in [2.24, 2.45) is 0 Å². The van der Waals surface area contributed by atoms with E-state index in [1.54, 1.807) is 24.3 Å². The van der Waals surface area contributed by atoms with E-state index in [-0.39, 0.29) is 16.1 Å². The molecule has 2 aromatic rings. The summed E-state index contributed by atoms with van der Waals surface area (Å²) in [5.74, 6) is -0.508. The van der Waals surface area contributed by atoms with E-state index < -0.39 is 5.97 Å². The minimum absolute atomic E-state index is 0.230. The molecule has 0 aliphatic heterocycles. The molecule has 0 radical (unpaired) electrons. The van der Waals surface area contributed by atoms with Crippen molar-refractivity contribution in [2.45, 2.75) is 0 Å². The highest BCUT2D eigenvalue weighted by molar-refractivity contribution is 6.36. The molecule has 1 aromatic carbocycles. The summed E-state index contributed by atoms with van der Waals surface area (Å²) in [6.07, 6.45) is 1.53. The number of methoxy groups -OCH3 is 1. The van der Waals surface area contributed by atoms with Gasteiger partial charge in [-0.3, -0.25) is 4.79 Å². The van der Waals surface area contributed by atoms with E-state index >= 15 is 0 Å². The van der Waals surface area contributed by atoms with Crippen molar-refractivity contribution < 1.29 is 9.53 Å². The number of ether oxygens (including phenoxy) is 1. The predicted octanol–water partition coefficient (Wildman–Crippen LogP) is 2.48. The van der Waals surface area contributed by atoms with Gasteiger partial charge in [0, 0.05) is 17.8 Å². The molecule has 0 unspecified atom stereocenters. The van der Waals surface area contributed by atoms with E-state index in [1.165, 1.54) is 19.4 Å². The molecule has 4 nitrogen and oxygen atoms in total. The third kappa shape index (κ3) is 2.28. The lowest BCUT2D eigenvalue weighted by Gasteiger charge is -2.07. The van der Waals surface area contributed by atoms with Gasteiger partial charge in [0.05, 0.1) is 17.7 Å². The Hall–Kier alpha value is -2.07. The average Bonchev–Trinajstić information content (AvgIpc) is 2.38. The Bertz CT molecular complexity index is 649. The first-order valence-corrected chi connectivity index (χ1v) is 5.57. The van der Waals surface area contributed by atoms with E-state index in [0.29, 0.717) is 11.1 Å². The molecule has 2 rings (SSSR count). The summed E-state index contributed by atoms with van der Waals surface area (Å²) < 4.78 is 4.64. The van der Waals surface area contributed by atoms with Crippen LogP contribution in [-0.2, 0) is 4.74 Å². The Morgan fingerprint density at radius 2 is 2.11 bits per heavy atom. The number of nitrogens with one attached hydrogen (secondary N) is 1. The summed E-state index contributed by atoms with van der Waals surface area (Å²) in [5.41, 5.74) is 1.31. The van der Waals surface area contributed by atoms with Crippen molar-refractivity contribution in [3.63, 3.8) is 0 Å². The SMILES string of the molecule is COC(=O)c1cccc(-c2cc[nH]c(=O)c2)c1Cl. The molecule has 92 valence electrons. The first-order chi connectivity index (χ1) is 8.63. The van der Waals surface area contributed by atoms with Gasteiger partial charge in [-0.2, -0.15) is 0 Å². The zero-order valence-electron chi connectivity index (χ0n) is 9.57. The van der Waals surface area contributed by atoms with Crippen molar-refractivity contribution in [2.75, 3.05) is 7.11 Å². The van der Waals surface area contributed by atoms with Crippen LogP contribution in [0.4, 0.5) is 0 Å². The largest absolute Gasteiger partial charge is 0.465 e. The normalized spacial score (nSPS) is 10.1. The highest BCUT2D eigenvalue weighted by Gasteiger charge is 2.14. The summed E-state index contributed by atoms with van der Waals surface area (Å²) in [7, 11) is 1.29. The Balaban J connectivity index is 2.59. The smallest absolute Gasteiger partial charge is 0.339 e. The first-order valence-electron chi connectivity index (χ1n) is 5.19. The second kappa shape index (κ2) is 5.06. The standard InChI is InChI=1S/C13H10ClNO3/c1-18-13(17)10-4-2-3-9(12(10)14)8-5-6-15-11(16)7-8/h2-7H,1H3,(H,15,16). The maximum atomic E-state index is 11.5. The van der Waals surface area contributed by atoms with E-state index in [0.717, 1.165) is 0 Å². The molecule has 1 N–H and O–H groups in total. The number of hydrogen-bond acceptors (Lipinski definition) is 3. The lowest BCUT2D eigenvalue weighted by Crippen LogP contribution is -2.04. The molecular formula is C13H10ClNO3. The maximum Gasteiger partial charge on any atom is 0.339 e. The van der Waals surface area contributed by atoms with Crippen molar-refractivity contribution in [3.05, 3.63) is 57.5 Å². The molecule has 0 saturated carbocycles. The first kappa shape index (κ1) is 12.4. The van der Waals surface area contributed by atoms with Gasteiger partial charge in [-0.15, -0.1) is 0 Å². The van der Waals surface area contributed by atoms with Crippen LogP contribution in [0.1, 0.15) is 10.4 Å². The number of esters is 1. The van der Waals surface area contributed by atoms with Gasteiger partial charge in [0.15, 0.2) is 0 Å². The number of aromatic amines is 1. The zero-order valence-corrected chi connectivity index (χ0v) is 10.3. The highest BCUT2D eigenvalue weighted by atomic mass is 35.5. The molecular weight excluding hydrogens is 254 g/mol. The number of pyridine rings is 1. The number of hydrogen-bond donors (Lipinski definition) is 1. The summed E-state index contributed by atoms with van der Waals surface area (Å²) in [5, 5.41) is 0.273. The second-order valence-electron chi connectivity index (χ2n) is 3.60. The Morgan fingerprint density at radius 3 is 2.78 bits per heavy atom. The third-order valence-corrected chi connectivity index (χ3v) is 2.90. The molecule has 0 saturated heterocycles. The highest BCUT2D eigenvalue weighted by Crippen LogP contribution is 2.30. The van der Waals surface area contributed by atoms with Gasteiger partial charge in [-0.05, 0) is 17.7 Å². The van der Waals surface area contributed by atoms with Gasteiger partial charge in [0.2, 0.25) is 5.56 Å². The molecule has 0 aliphatic rings. The lowest BCUT2D eigenvalue weighted by atomic mass is 10.0. The molecule has 1 heterocycles. The van der Waals surface area contributed by atoms with Crippen molar-refractivity contribution in [3.8, 4) is 11.1 Å². The molecule has 0 atom stereocenters. The Labute approximate surface area is 108 Å². The minimum atomic E-state index is -0.508. The average molecular weight is 264 g/mol. The van der Waals surface area contributed by atoms with Crippen molar-refractivity contribution in [1.82, 2.24) is 4.98 Å². The lowest BCUT2D eigenvalue weighted by molar-refractivity contribution is 0.0601. The Morgan fingerprint density at radius 1 is 1.33 bits per heavy atom. The van der Waals surface area contributed by atoms with Crippen LogP contribution in [0.3, 0.4) is 0 Å². The topological polar surface area (TPSA) is 59.2 Å². The van der Waals surface area contributed by atoms with E-state index in [1.807, 2.05) is 0 Å². The molecule has 0 spiro atoms. The van der Waals surface area contributed by atoms with Crippen molar-refractivity contribution in [1.29, 1.82) is 0 Å². The van der Waals surface area contributed by atoms with Gasteiger partial charge < -0.3 is 9.72 Å². The van der Waals surface area contributed by atoms with Gasteiger partial charge in [-0.1, -0.05) is 23.7 Å². The summed E-state index contributed by atoms with van der Waals surface area (Å²) >= 11 is 6.16. The fourth-order valence-corrected chi connectivity index (χ4v) is 1.95. The number of rotatable bonds is 2. The van der Waals surface area contributed by atoms with Crippen LogP contribution in [0.5, 0.6) is 0 Å². The number of benzene rings is 1. The quantitative estimate of drug-likeness (QED) is 0.847. The molecule has 0 amide bonds. The molecule has 0 aliphatic carbocycles. The van der Waals surface area contributed by atoms with Gasteiger partial charge in [0.1, 0.15) is 0 Å². The minimum Gasteiger partial charge on any atom is -0.465 e. The summed E-state index contributed by atoms with van der Waals surface area (Å²) in [6.45, 7) is 0. The van der Waals surface area contributed by atoms with Crippen LogP contribution in [0.15, 0.2) is 41.3 Å². The number of carbonyl (C=O) groups excluding carboxylic acids is 1. The van der Waals surface area contributed by atoms with E-state index in [4.69, 9.17) is 11.6 Å². The molecule has 0 fully saturated rings. The van der Waals surface area contributed by atoms with Crippen LogP contribution in [0, 0.1) is 0 Å². The van der Waals surface area contributed by atoms with E-state index in [2.05, 4.69) is 9.72 Å². The second-order valence-corrected chi connectivity index (χ2v) is 3.98. The van der Waals surface area contributed by atoms with Crippen LogP contribution >= 0.6 is 11.6 Å². The third-order valence-electron chi connectivity index (χ3n) is 2.49. The van der Waals surface area contributed by atoms with Crippen LogP contribution in [0.25, 0.3) is 11.1 Å². The van der Waals surface area contributed by atoms with Gasteiger partial charge in [-0.25, -0.2) is 4.79 Å². The van der Waals surface area contributed by atoms with Crippen LogP contribution in [-0.4, -0.2) is 18.1 Å². The Kier molecular flexibility index (Phi) is 3.48. The summed E-state index contributed by atoms with van der Waals surface area (Å²) in [6, 6.07) is 8.13. The monoisotopic (exact) mass is 263 g/mol. The number of aromatic nitrogens is 1. The molecule has 18 heavy (non-hydrogen) atoms. The van der Waals surface area contributed by atoms with Crippen LogP contribution in [0.2, 0.25) is 5.02 Å². The fourth-order valence-electron chi connectivity index (χ4n) is 1.63. The van der Waals surface area contributed by atoms with Gasteiger partial charge >= 0.3 is 5.97 Å². The molecule has 5 heteroatoms. The summed E-state index contributed by atoms with van der Waals surface area (Å²) in [4.78, 5) is 25.3. The number of H-pyrrole nitrogens is 1. The van der Waals surface area contributed by atoms with E-state index in [9.17, 15) is 9.59 Å². The van der Waals surface area contributed by atoms with Crippen LogP contribution < -0.4 is 5.56 Å². The fraction of sp³-hybridized carbons (Fsp3) is 0.0769. The number of halogens is 1. The maximum absolute atomic E-state index is 11.5. The molecule has 0 bridgehead atoms.